The van der Waals surface area contributed by atoms with Gasteiger partial charge in [0.2, 0.25) is 0 Å². The van der Waals surface area contributed by atoms with Crippen LogP contribution in [0.25, 0.3) is 0 Å². The van der Waals surface area contributed by atoms with Gasteiger partial charge in [-0.3, -0.25) is 4.84 Å². The summed E-state index contributed by atoms with van der Waals surface area (Å²) in [5.74, 6) is 4.91. The normalized spacial score (nSPS) is 11.7. The molecule has 0 aromatic heterocycles. The zero-order chi connectivity index (χ0) is 11.6. The molecule has 0 radical (unpaired) electrons. The molecular formula is C9H13NO4S. The molecule has 0 spiro atoms. The van der Waals surface area contributed by atoms with E-state index >= 15 is 0 Å². The molecule has 15 heavy (non-hydrogen) atoms. The van der Waals surface area contributed by atoms with Gasteiger partial charge in [-0.15, -0.1) is 0 Å². The minimum Gasteiger partial charge on any atom is -0.508 e. The third kappa shape index (κ3) is 2.68. The Balaban J connectivity index is 3.42. The maximum absolute atomic E-state index is 11.4. The van der Waals surface area contributed by atoms with Gasteiger partial charge in [-0.25, -0.2) is 14.3 Å². The van der Waals surface area contributed by atoms with Crippen molar-refractivity contribution in [2.45, 2.75) is 18.4 Å². The van der Waals surface area contributed by atoms with E-state index in [2.05, 4.69) is 4.84 Å². The van der Waals surface area contributed by atoms with Crippen LogP contribution < -0.4 is 5.90 Å². The molecule has 1 aromatic rings. The lowest BCUT2D eigenvalue weighted by Gasteiger charge is -2.09. The van der Waals surface area contributed by atoms with E-state index < -0.39 is 9.84 Å². The van der Waals surface area contributed by atoms with Gasteiger partial charge in [-0.1, -0.05) is 0 Å². The smallest absolute Gasteiger partial charge is 0.175 e. The highest BCUT2D eigenvalue weighted by Crippen LogP contribution is 2.25. The van der Waals surface area contributed by atoms with E-state index in [0.717, 1.165) is 6.26 Å². The number of rotatable bonds is 3. The van der Waals surface area contributed by atoms with E-state index in [9.17, 15) is 13.5 Å². The number of aromatic hydroxyl groups is 1. The summed E-state index contributed by atoms with van der Waals surface area (Å²) >= 11 is 0. The number of aryl methyl sites for hydroxylation is 1. The standard InChI is InChI=1S/C9H13NO4S/c1-6-3-9(15(2,12)13)7(5-14-10)4-8(6)11/h3-4,11H,5,10H2,1-2H3. The molecule has 0 fully saturated rings. The van der Waals surface area contributed by atoms with Crippen LogP contribution in [0.15, 0.2) is 17.0 Å². The maximum Gasteiger partial charge on any atom is 0.175 e. The molecule has 0 saturated heterocycles. The summed E-state index contributed by atoms with van der Waals surface area (Å²) < 4.78 is 22.8. The van der Waals surface area contributed by atoms with Crippen LogP contribution in [-0.4, -0.2) is 19.8 Å². The fraction of sp³-hybridized carbons (Fsp3) is 0.333. The second kappa shape index (κ2) is 4.18. The topological polar surface area (TPSA) is 89.6 Å². The number of hydrogen-bond donors (Lipinski definition) is 2. The van der Waals surface area contributed by atoms with Gasteiger partial charge in [-0.05, 0) is 24.6 Å². The lowest BCUT2D eigenvalue weighted by Crippen LogP contribution is -2.07. The molecule has 0 unspecified atom stereocenters. The van der Waals surface area contributed by atoms with Gasteiger partial charge in [0.25, 0.3) is 0 Å². The molecule has 0 aliphatic heterocycles. The molecule has 0 saturated carbocycles. The number of nitrogens with two attached hydrogens (primary N) is 1. The van der Waals surface area contributed by atoms with Crippen LogP contribution in [-0.2, 0) is 21.3 Å². The van der Waals surface area contributed by atoms with Gasteiger partial charge >= 0.3 is 0 Å². The Morgan fingerprint density at radius 3 is 2.53 bits per heavy atom. The number of phenolic OH excluding ortho intramolecular Hbond substituents is 1. The average Bonchev–Trinajstić information content (AvgIpc) is 2.09. The van der Waals surface area contributed by atoms with Crippen LogP contribution in [0.2, 0.25) is 0 Å². The maximum atomic E-state index is 11.4. The fourth-order valence-electron chi connectivity index (χ4n) is 1.26. The van der Waals surface area contributed by atoms with Crippen LogP contribution in [0.3, 0.4) is 0 Å². The van der Waals surface area contributed by atoms with Crippen molar-refractivity contribution in [3.05, 3.63) is 23.3 Å². The molecular weight excluding hydrogens is 218 g/mol. The third-order valence-electron chi connectivity index (χ3n) is 2.02. The Morgan fingerprint density at radius 2 is 2.07 bits per heavy atom. The summed E-state index contributed by atoms with van der Waals surface area (Å²) in [6.45, 7) is 1.56. The van der Waals surface area contributed by atoms with Gasteiger partial charge in [0.1, 0.15) is 5.75 Å². The highest BCUT2D eigenvalue weighted by molar-refractivity contribution is 7.90. The Hall–Kier alpha value is -1.11. The highest BCUT2D eigenvalue weighted by atomic mass is 32.2. The van der Waals surface area contributed by atoms with Crippen molar-refractivity contribution in [2.24, 2.45) is 5.90 Å². The molecule has 5 nitrogen and oxygen atoms in total. The predicted octanol–water partition coefficient (Wildman–Crippen LogP) is 0.494. The monoisotopic (exact) mass is 231 g/mol. The van der Waals surface area contributed by atoms with Crippen molar-refractivity contribution in [3.63, 3.8) is 0 Å². The molecule has 0 aliphatic rings. The first-order chi connectivity index (χ1) is 6.86. The summed E-state index contributed by atoms with van der Waals surface area (Å²) in [7, 11) is -3.34. The summed E-state index contributed by atoms with van der Waals surface area (Å²) in [6.07, 6.45) is 1.10. The van der Waals surface area contributed by atoms with E-state index in [1.807, 2.05) is 0 Å². The zero-order valence-corrected chi connectivity index (χ0v) is 9.34. The Labute approximate surface area is 88.4 Å². The SMILES string of the molecule is Cc1cc(S(C)(=O)=O)c(CON)cc1O. The van der Waals surface area contributed by atoms with Crippen LogP contribution in [0.1, 0.15) is 11.1 Å². The third-order valence-corrected chi connectivity index (χ3v) is 3.20. The minimum atomic E-state index is -3.34. The first kappa shape index (κ1) is 12.0. The van der Waals surface area contributed by atoms with Crippen LogP contribution in [0, 0.1) is 6.92 Å². The Bertz CT molecular complexity index is 467. The molecule has 0 atom stereocenters. The van der Waals surface area contributed by atoms with Gasteiger partial charge in [0.05, 0.1) is 11.5 Å². The summed E-state index contributed by atoms with van der Waals surface area (Å²) in [6, 6.07) is 2.75. The van der Waals surface area contributed by atoms with Gasteiger partial charge in [-0.2, -0.15) is 0 Å². The zero-order valence-electron chi connectivity index (χ0n) is 8.52. The lowest BCUT2D eigenvalue weighted by atomic mass is 10.1. The van der Waals surface area contributed by atoms with Crippen molar-refractivity contribution in [3.8, 4) is 5.75 Å². The van der Waals surface area contributed by atoms with E-state index in [1.54, 1.807) is 6.92 Å². The lowest BCUT2D eigenvalue weighted by molar-refractivity contribution is 0.122. The second-order valence-electron chi connectivity index (χ2n) is 3.33. The van der Waals surface area contributed by atoms with Gasteiger partial charge in [0, 0.05) is 11.8 Å². The van der Waals surface area contributed by atoms with Crippen LogP contribution in [0.5, 0.6) is 5.75 Å². The fourth-order valence-corrected chi connectivity index (χ4v) is 2.25. The molecule has 0 bridgehead atoms. The number of hydrogen-bond acceptors (Lipinski definition) is 5. The summed E-state index contributed by atoms with van der Waals surface area (Å²) in [4.78, 5) is 4.51. The first-order valence-electron chi connectivity index (χ1n) is 4.20. The number of benzene rings is 1. The molecule has 0 heterocycles. The van der Waals surface area contributed by atoms with Gasteiger partial charge < -0.3 is 5.11 Å². The summed E-state index contributed by atoms with van der Waals surface area (Å²) in [5, 5.41) is 9.43. The summed E-state index contributed by atoms with van der Waals surface area (Å²) in [5.41, 5.74) is 0.847. The van der Waals surface area contributed by atoms with Crippen molar-refractivity contribution >= 4 is 9.84 Å². The van der Waals surface area contributed by atoms with Crippen molar-refractivity contribution in [1.82, 2.24) is 0 Å². The van der Waals surface area contributed by atoms with E-state index in [1.165, 1.54) is 12.1 Å². The molecule has 6 heteroatoms. The number of phenols is 1. The molecule has 0 amide bonds. The Morgan fingerprint density at radius 1 is 1.47 bits per heavy atom. The molecule has 1 rings (SSSR count). The van der Waals surface area contributed by atoms with E-state index in [0.29, 0.717) is 11.1 Å². The second-order valence-corrected chi connectivity index (χ2v) is 5.31. The van der Waals surface area contributed by atoms with Gasteiger partial charge in [0.15, 0.2) is 9.84 Å². The van der Waals surface area contributed by atoms with Crippen LogP contribution >= 0.6 is 0 Å². The largest absolute Gasteiger partial charge is 0.508 e. The van der Waals surface area contributed by atoms with E-state index in [4.69, 9.17) is 5.90 Å². The van der Waals surface area contributed by atoms with Crippen molar-refractivity contribution < 1.29 is 18.4 Å². The average molecular weight is 231 g/mol. The molecule has 0 aliphatic carbocycles. The predicted molar refractivity (Wildman–Crippen MR) is 54.9 cm³/mol. The quantitative estimate of drug-likeness (QED) is 0.739. The van der Waals surface area contributed by atoms with Crippen LogP contribution in [0.4, 0.5) is 0 Å². The molecule has 1 aromatic carbocycles. The van der Waals surface area contributed by atoms with Crippen molar-refractivity contribution in [1.29, 1.82) is 0 Å². The molecule has 3 N–H and O–H groups in total. The Kier molecular flexibility index (Phi) is 3.33. The number of sulfone groups is 1. The van der Waals surface area contributed by atoms with Crippen molar-refractivity contribution in [2.75, 3.05) is 6.26 Å². The minimum absolute atomic E-state index is 0.0226. The van der Waals surface area contributed by atoms with E-state index in [-0.39, 0.29) is 17.3 Å². The molecule has 84 valence electrons. The first-order valence-corrected chi connectivity index (χ1v) is 6.09. The highest BCUT2D eigenvalue weighted by Gasteiger charge is 2.15.